The number of alkyl halides is 3. The lowest BCUT2D eigenvalue weighted by Crippen LogP contribution is -2.48. The highest BCUT2D eigenvalue weighted by atomic mass is 19.4. The number of carbonyl (C=O) groups is 2. The number of rotatable bonds is 4. The second kappa shape index (κ2) is 8.02. The van der Waals surface area contributed by atoms with Gasteiger partial charge in [-0.1, -0.05) is 18.2 Å². The summed E-state index contributed by atoms with van der Waals surface area (Å²) in [5, 5.41) is 9.06. The first-order valence-corrected chi connectivity index (χ1v) is 8.75. The fraction of sp³-hybridized carbons (Fsp3) is 0.300. The summed E-state index contributed by atoms with van der Waals surface area (Å²) in [4.78, 5) is 27.2. The van der Waals surface area contributed by atoms with Crippen molar-refractivity contribution in [2.24, 2.45) is 0 Å². The number of benzene rings is 2. The molecule has 5 nitrogen and oxygen atoms in total. The lowest BCUT2D eigenvalue weighted by molar-refractivity contribution is -0.137. The van der Waals surface area contributed by atoms with Crippen LogP contribution in [0.3, 0.4) is 0 Å². The fourth-order valence-electron chi connectivity index (χ4n) is 3.18. The maximum atomic E-state index is 12.8. The summed E-state index contributed by atoms with van der Waals surface area (Å²) in [6.07, 6.45) is -4.49. The molecule has 0 atom stereocenters. The van der Waals surface area contributed by atoms with Crippen LogP contribution in [0.1, 0.15) is 31.8 Å². The Balaban J connectivity index is 1.60. The molecule has 2 aromatic rings. The van der Waals surface area contributed by atoms with Crippen molar-refractivity contribution < 1.29 is 27.9 Å². The molecule has 3 rings (SSSR count). The molecule has 28 heavy (non-hydrogen) atoms. The van der Waals surface area contributed by atoms with E-state index in [2.05, 4.69) is 4.90 Å². The first kappa shape index (κ1) is 19.9. The molecule has 0 aliphatic carbocycles. The van der Waals surface area contributed by atoms with E-state index in [0.717, 1.165) is 17.7 Å². The SMILES string of the molecule is O=C(O)c1cccc(CN2CCN(C(=O)c3cccc(C(F)(F)F)c3)CC2)c1. The van der Waals surface area contributed by atoms with E-state index in [-0.39, 0.29) is 11.1 Å². The monoisotopic (exact) mass is 392 g/mol. The zero-order chi connectivity index (χ0) is 20.3. The van der Waals surface area contributed by atoms with Gasteiger partial charge in [-0.3, -0.25) is 9.69 Å². The highest BCUT2D eigenvalue weighted by Gasteiger charge is 2.31. The van der Waals surface area contributed by atoms with Gasteiger partial charge in [0.2, 0.25) is 0 Å². The summed E-state index contributed by atoms with van der Waals surface area (Å²) in [7, 11) is 0. The van der Waals surface area contributed by atoms with Crippen molar-refractivity contribution >= 4 is 11.9 Å². The van der Waals surface area contributed by atoms with E-state index >= 15 is 0 Å². The Morgan fingerprint density at radius 3 is 2.21 bits per heavy atom. The molecule has 0 spiro atoms. The molecule has 8 heteroatoms. The number of amides is 1. The zero-order valence-electron chi connectivity index (χ0n) is 14.9. The van der Waals surface area contributed by atoms with Crippen LogP contribution < -0.4 is 0 Å². The molecular formula is C20H19F3N2O3. The number of nitrogens with zero attached hydrogens (tertiary/aromatic N) is 2. The van der Waals surface area contributed by atoms with Crippen molar-refractivity contribution in [3.63, 3.8) is 0 Å². The van der Waals surface area contributed by atoms with Crippen molar-refractivity contribution in [2.45, 2.75) is 12.7 Å². The minimum atomic E-state index is -4.49. The normalized spacial score (nSPS) is 15.5. The number of halogens is 3. The van der Waals surface area contributed by atoms with Gasteiger partial charge in [-0.05, 0) is 35.9 Å². The molecular weight excluding hydrogens is 373 g/mol. The number of piperazine rings is 1. The molecule has 0 bridgehead atoms. The van der Waals surface area contributed by atoms with Gasteiger partial charge in [-0.15, -0.1) is 0 Å². The lowest BCUT2D eigenvalue weighted by atomic mass is 10.1. The molecule has 1 saturated heterocycles. The van der Waals surface area contributed by atoms with Crippen LogP contribution in [0.15, 0.2) is 48.5 Å². The minimum absolute atomic E-state index is 0.0254. The van der Waals surface area contributed by atoms with Gasteiger partial charge in [0, 0.05) is 38.3 Å². The predicted molar refractivity (Wildman–Crippen MR) is 96.0 cm³/mol. The van der Waals surface area contributed by atoms with Gasteiger partial charge >= 0.3 is 12.1 Å². The molecule has 148 valence electrons. The first-order chi connectivity index (χ1) is 13.2. The predicted octanol–water partition coefficient (Wildman–Crippen LogP) is 3.36. The van der Waals surface area contributed by atoms with Crippen LogP contribution in [0, 0.1) is 0 Å². The third-order valence-corrected chi connectivity index (χ3v) is 4.68. The van der Waals surface area contributed by atoms with Gasteiger partial charge in [0.1, 0.15) is 0 Å². The van der Waals surface area contributed by atoms with Crippen molar-refractivity contribution in [3.05, 3.63) is 70.8 Å². The van der Waals surface area contributed by atoms with E-state index < -0.39 is 23.6 Å². The summed E-state index contributed by atoms with van der Waals surface area (Å²) in [6, 6.07) is 11.1. The van der Waals surface area contributed by atoms with Crippen molar-refractivity contribution in [3.8, 4) is 0 Å². The van der Waals surface area contributed by atoms with Gasteiger partial charge in [-0.25, -0.2) is 4.79 Å². The van der Waals surface area contributed by atoms with E-state index in [1.807, 2.05) is 6.07 Å². The Kier molecular flexibility index (Phi) is 5.69. The Labute approximate surface area is 160 Å². The molecule has 0 saturated carbocycles. The van der Waals surface area contributed by atoms with Crippen LogP contribution in [0.4, 0.5) is 13.2 Å². The summed E-state index contributed by atoms with van der Waals surface area (Å²) < 4.78 is 38.5. The van der Waals surface area contributed by atoms with Crippen LogP contribution in [-0.2, 0) is 12.7 Å². The molecule has 1 N–H and O–H groups in total. The van der Waals surface area contributed by atoms with Gasteiger partial charge in [0.25, 0.3) is 5.91 Å². The number of aromatic carboxylic acids is 1. The second-order valence-corrected chi connectivity index (χ2v) is 6.65. The Bertz CT molecular complexity index is 875. The third kappa shape index (κ3) is 4.69. The fourth-order valence-corrected chi connectivity index (χ4v) is 3.18. The van der Waals surface area contributed by atoms with Crippen LogP contribution in [-0.4, -0.2) is 53.0 Å². The topological polar surface area (TPSA) is 60.9 Å². The smallest absolute Gasteiger partial charge is 0.416 e. The van der Waals surface area contributed by atoms with Crippen LogP contribution >= 0.6 is 0 Å². The summed E-state index contributed by atoms with van der Waals surface area (Å²) >= 11 is 0. The molecule has 1 aliphatic rings. The van der Waals surface area contributed by atoms with Crippen molar-refractivity contribution in [2.75, 3.05) is 26.2 Å². The molecule has 0 radical (unpaired) electrons. The molecule has 0 aromatic heterocycles. The number of carboxylic acid groups (broad SMARTS) is 1. The summed E-state index contributed by atoms with van der Waals surface area (Å²) in [5.74, 6) is -1.41. The Morgan fingerprint density at radius 1 is 0.929 bits per heavy atom. The van der Waals surface area contributed by atoms with Crippen molar-refractivity contribution in [1.29, 1.82) is 0 Å². The van der Waals surface area contributed by atoms with E-state index in [0.29, 0.717) is 32.7 Å². The second-order valence-electron chi connectivity index (χ2n) is 6.65. The maximum Gasteiger partial charge on any atom is 0.416 e. The largest absolute Gasteiger partial charge is 0.478 e. The molecule has 1 aliphatic heterocycles. The summed E-state index contributed by atoms with van der Waals surface area (Å²) in [5.41, 5.74) is 0.265. The molecule has 1 fully saturated rings. The van der Waals surface area contributed by atoms with Gasteiger partial charge in [-0.2, -0.15) is 13.2 Å². The highest BCUT2D eigenvalue weighted by Crippen LogP contribution is 2.29. The average molecular weight is 392 g/mol. The van der Waals surface area contributed by atoms with Gasteiger partial charge in [0.05, 0.1) is 11.1 Å². The number of carbonyl (C=O) groups excluding carboxylic acids is 1. The third-order valence-electron chi connectivity index (χ3n) is 4.68. The highest BCUT2D eigenvalue weighted by molar-refractivity contribution is 5.94. The quantitative estimate of drug-likeness (QED) is 0.867. The summed E-state index contributed by atoms with van der Waals surface area (Å²) in [6.45, 7) is 2.46. The molecule has 1 heterocycles. The number of hydrogen-bond acceptors (Lipinski definition) is 3. The number of hydrogen-bond donors (Lipinski definition) is 1. The van der Waals surface area contributed by atoms with Crippen LogP contribution in [0.25, 0.3) is 0 Å². The lowest BCUT2D eigenvalue weighted by Gasteiger charge is -2.35. The van der Waals surface area contributed by atoms with E-state index in [4.69, 9.17) is 5.11 Å². The Hall–Kier alpha value is -2.87. The van der Waals surface area contributed by atoms with E-state index in [1.54, 1.807) is 17.0 Å². The zero-order valence-corrected chi connectivity index (χ0v) is 14.9. The maximum absolute atomic E-state index is 12.8. The van der Waals surface area contributed by atoms with E-state index in [1.165, 1.54) is 18.2 Å². The molecule has 0 unspecified atom stereocenters. The molecule has 2 aromatic carbocycles. The van der Waals surface area contributed by atoms with Crippen LogP contribution in [0.5, 0.6) is 0 Å². The number of carboxylic acids is 1. The van der Waals surface area contributed by atoms with E-state index in [9.17, 15) is 22.8 Å². The average Bonchev–Trinajstić information content (AvgIpc) is 2.68. The van der Waals surface area contributed by atoms with Gasteiger partial charge < -0.3 is 10.0 Å². The van der Waals surface area contributed by atoms with Gasteiger partial charge in [0.15, 0.2) is 0 Å². The van der Waals surface area contributed by atoms with Crippen molar-refractivity contribution in [1.82, 2.24) is 9.80 Å². The molecule has 1 amide bonds. The van der Waals surface area contributed by atoms with Crippen LogP contribution in [0.2, 0.25) is 0 Å². The Morgan fingerprint density at radius 2 is 1.57 bits per heavy atom. The minimum Gasteiger partial charge on any atom is -0.478 e. The standard InChI is InChI=1S/C20H19F3N2O3/c21-20(22,23)17-6-2-4-15(12-17)18(26)25-9-7-24(8-10-25)13-14-3-1-5-16(11-14)19(27)28/h1-6,11-12H,7-10,13H2,(H,27,28). The first-order valence-electron chi connectivity index (χ1n) is 8.75.